The molecule has 160 valence electrons. The number of ether oxygens (including phenoxy) is 1. The van der Waals surface area contributed by atoms with Crippen molar-refractivity contribution < 1.29 is 9.53 Å². The van der Waals surface area contributed by atoms with Crippen LogP contribution in [0, 0.1) is 11.8 Å². The van der Waals surface area contributed by atoms with Gasteiger partial charge in [0.1, 0.15) is 5.75 Å². The summed E-state index contributed by atoms with van der Waals surface area (Å²) in [6.07, 6.45) is 5.57. The molecule has 1 N–H and O–H groups in total. The largest absolute Gasteiger partial charge is 0.497 e. The monoisotopic (exact) mass is 433 g/mol. The zero-order chi connectivity index (χ0) is 21.5. The second-order valence-electron chi connectivity index (χ2n) is 8.64. The van der Waals surface area contributed by atoms with Gasteiger partial charge in [0.2, 0.25) is 0 Å². The number of thiazole rings is 1. The van der Waals surface area contributed by atoms with Crippen LogP contribution in [-0.4, -0.2) is 28.4 Å². The summed E-state index contributed by atoms with van der Waals surface area (Å²) >= 11 is 1.61. The lowest BCUT2D eigenvalue weighted by molar-refractivity contribution is 0.0891. The summed E-state index contributed by atoms with van der Waals surface area (Å²) in [5, 5.41) is 3.28. The number of nitrogens with zero attached hydrogens (tertiary/aromatic N) is 2. The fourth-order valence-corrected chi connectivity index (χ4v) is 5.63. The van der Waals surface area contributed by atoms with E-state index in [2.05, 4.69) is 29.8 Å². The second-order valence-corrected chi connectivity index (χ2v) is 9.65. The van der Waals surface area contributed by atoms with E-state index in [-0.39, 0.29) is 11.9 Å². The van der Waals surface area contributed by atoms with Gasteiger partial charge in [0, 0.05) is 23.4 Å². The number of benzene rings is 2. The molecule has 2 aromatic carbocycles. The van der Waals surface area contributed by atoms with Crippen LogP contribution in [0.25, 0.3) is 26.4 Å². The smallest absolute Gasteiger partial charge is 0.251 e. The number of amides is 1. The van der Waals surface area contributed by atoms with E-state index in [9.17, 15) is 4.79 Å². The summed E-state index contributed by atoms with van der Waals surface area (Å²) in [5.41, 5.74) is 3.77. The van der Waals surface area contributed by atoms with Gasteiger partial charge >= 0.3 is 0 Å². The van der Waals surface area contributed by atoms with E-state index in [1.807, 2.05) is 42.5 Å². The van der Waals surface area contributed by atoms with Gasteiger partial charge in [-0.2, -0.15) is 0 Å². The first-order valence-corrected chi connectivity index (χ1v) is 11.7. The van der Waals surface area contributed by atoms with Crippen LogP contribution in [0.2, 0.25) is 0 Å². The third-order valence-electron chi connectivity index (χ3n) is 6.77. The summed E-state index contributed by atoms with van der Waals surface area (Å²) < 4.78 is 8.41. The predicted molar refractivity (Wildman–Crippen MR) is 126 cm³/mol. The molecule has 2 aromatic heterocycles. The Morgan fingerprint density at radius 1 is 1.16 bits per heavy atom. The summed E-state index contributed by atoms with van der Waals surface area (Å²) in [6, 6.07) is 14.1. The number of aromatic nitrogens is 2. The maximum Gasteiger partial charge on any atom is 0.251 e. The summed E-state index contributed by atoms with van der Waals surface area (Å²) in [6.45, 7) is 4.54. The standard InChI is InChI=1S/C25H27N3O2S/c1-15-5-4-6-20(16(15)2)26-24(29)18-9-12-22-23(13-18)31-25-27-21(14-28(22)25)17-7-10-19(30-3)11-8-17/h7-16,20H,4-6H2,1-3H3,(H,26,29)/t15-,16+,20+/m0/s1. The number of imidazole rings is 1. The van der Waals surface area contributed by atoms with Crippen LogP contribution < -0.4 is 10.1 Å². The number of hydrogen-bond acceptors (Lipinski definition) is 4. The zero-order valence-electron chi connectivity index (χ0n) is 18.1. The molecule has 0 radical (unpaired) electrons. The molecular formula is C25H27N3O2S. The molecule has 5 nitrogen and oxygen atoms in total. The number of nitrogens with one attached hydrogen (secondary N) is 1. The van der Waals surface area contributed by atoms with Crippen LogP contribution in [0.15, 0.2) is 48.7 Å². The minimum atomic E-state index is 0.0258. The lowest BCUT2D eigenvalue weighted by atomic mass is 9.78. The van der Waals surface area contributed by atoms with Crippen molar-refractivity contribution in [2.75, 3.05) is 7.11 Å². The average molecular weight is 434 g/mol. The van der Waals surface area contributed by atoms with Crippen LogP contribution in [0.5, 0.6) is 5.75 Å². The van der Waals surface area contributed by atoms with Crippen molar-refractivity contribution in [2.45, 2.75) is 39.2 Å². The maximum atomic E-state index is 12.9. The minimum Gasteiger partial charge on any atom is -0.497 e. The third kappa shape index (κ3) is 3.69. The Labute approximate surface area is 186 Å². The Morgan fingerprint density at radius 3 is 2.74 bits per heavy atom. The number of fused-ring (bicyclic) bond motifs is 3. The SMILES string of the molecule is COc1ccc(-c2cn3c(n2)sc2cc(C(=O)N[C@@H]4CCC[C@H](C)[C@H]4C)ccc23)cc1. The van der Waals surface area contributed by atoms with E-state index in [0.717, 1.165) is 44.2 Å². The van der Waals surface area contributed by atoms with Crippen molar-refractivity contribution in [3.63, 3.8) is 0 Å². The van der Waals surface area contributed by atoms with Crippen molar-refractivity contribution in [3.8, 4) is 17.0 Å². The molecule has 4 aromatic rings. The second kappa shape index (κ2) is 8.00. The molecule has 0 bridgehead atoms. The average Bonchev–Trinajstić information content (AvgIpc) is 3.34. The van der Waals surface area contributed by atoms with Crippen LogP contribution >= 0.6 is 11.3 Å². The quantitative estimate of drug-likeness (QED) is 0.444. The number of carbonyl (C=O) groups excluding carboxylic acids is 1. The molecule has 1 amide bonds. The van der Waals surface area contributed by atoms with Gasteiger partial charge in [0.05, 0.1) is 23.0 Å². The molecule has 3 atom stereocenters. The van der Waals surface area contributed by atoms with Gasteiger partial charge in [-0.1, -0.05) is 38.0 Å². The highest BCUT2D eigenvalue weighted by molar-refractivity contribution is 7.23. The molecule has 0 spiro atoms. The normalized spacial score (nSPS) is 21.5. The van der Waals surface area contributed by atoms with E-state index < -0.39 is 0 Å². The van der Waals surface area contributed by atoms with Gasteiger partial charge in [-0.25, -0.2) is 4.98 Å². The summed E-state index contributed by atoms with van der Waals surface area (Å²) in [7, 11) is 1.67. The third-order valence-corrected chi connectivity index (χ3v) is 7.78. The van der Waals surface area contributed by atoms with E-state index in [4.69, 9.17) is 9.72 Å². The Bertz CT molecular complexity index is 1240. The van der Waals surface area contributed by atoms with Gasteiger partial charge < -0.3 is 10.1 Å². The molecular weight excluding hydrogens is 406 g/mol. The number of methoxy groups -OCH3 is 1. The molecule has 1 saturated carbocycles. The molecule has 0 saturated heterocycles. The van der Waals surface area contributed by atoms with Crippen LogP contribution in [0.1, 0.15) is 43.5 Å². The Balaban J connectivity index is 1.40. The molecule has 1 aliphatic carbocycles. The highest BCUT2D eigenvalue weighted by Crippen LogP contribution is 2.32. The molecule has 6 heteroatoms. The Morgan fingerprint density at radius 2 is 1.97 bits per heavy atom. The number of rotatable bonds is 4. The van der Waals surface area contributed by atoms with Gasteiger partial charge in [-0.05, 0) is 60.7 Å². The van der Waals surface area contributed by atoms with Crippen molar-refractivity contribution in [3.05, 3.63) is 54.2 Å². The molecule has 2 heterocycles. The maximum absolute atomic E-state index is 12.9. The van der Waals surface area contributed by atoms with Crippen LogP contribution in [0.3, 0.4) is 0 Å². The number of hydrogen-bond donors (Lipinski definition) is 1. The van der Waals surface area contributed by atoms with Gasteiger partial charge in [-0.15, -0.1) is 0 Å². The fraction of sp³-hybridized carbons (Fsp3) is 0.360. The molecule has 5 rings (SSSR count). The van der Waals surface area contributed by atoms with E-state index in [1.54, 1.807) is 18.4 Å². The van der Waals surface area contributed by atoms with E-state index in [1.165, 1.54) is 12.8 Å². The molecule has 1 fully saturated rings. The van der Waals surface area contributed by atoms with E-state index >= 15 is 0 Å². The Hall–Kier alpha value is -2.86. The predicted octanol–water partition coefficient (Wildman–Crippen LogP) is 5.78. The molecule has 0 unspecified atom stereocenters. The van der Waals surface area contributed by atoms with E-state index in [0.29, 0.717) is 11.8 Å². The van der Waals surface area contributed by atoms with Crippen LogP contribution in [0.4, 0.5) is 0 Å². The highest BCUT2D eigenvalue weighted by Gasteiger charge is 2.28. The first-order chi connectivity index (χ1) is 15.0. The van der Waals surface area contributed by atoms with Crippen molar-refractivity contribution in [1.82, 2.24) is 14.7 Å². The lowest BCUT2D eigenvalue weighted by Gasteiger charge is -2.34. The van der Waals surface area contributed by atoms with Gasteiger partial charge in [-0.3, -0.25) is 9.20 Å². The highest BCUT2D eigenvalue weighted by atomic mass is 32.1. The van der Waals surface area contributed by atoms with Crippen LogP contribution in [-0.2, 0) is 0 Å². The van der Waals surface area contributed by atoms with Gasteiger partial charge in [0.15, 0.2) is 4.96 Å². The molecule has 0 aliphatic heterocycles. The lowest BCUT2D eigenvalue weighted by Crippen LogP contribution is -2.43. The van der Waals surface area contributed by atoms with Crippen molar-refractivity contribution in [1.29, 1.82) is 0 Å². The molecule has 1 aliphatic rings. The minimum absolute atomic E-state index is 0.0258. The topological polar surface area (TPSA) is 55.6 Å². The van der Waals surface area contributed by atoms with Gasteiger partial charge in [0.25, 0.3) is 5.91 Å². The van der Waals surface area contributed by atoms with Crippen molar-refractivity contribution in [2.24, 2.45) is 11.8 Å². The summed E-state index contributed by atoms with van der Waals surface area (Å²) in [4.78, 5) is 18.6. The fourth-order valence-electron chi connectivity index (χ4n) is 4.58. The van der Waals surface area contributed by atoms with Crippen molar-refractivity contribution >= 4 is 32.4 Å². The zero-order valence-corrected chi connectivity index (χ0v) is 18.9. The molecule has 31 heavy (non-hydrogen) atoms. The first kappa shape index (κ1) is 20.1. The number of carbonyl (C=O) groups is 1. The first-order valence-electron chi connectivity index (χ1n) is 10.9. The summed E-state index contributed by atoms with van der Waals surface area (Å²) in [5.74, 6) is 2.03. The Kier molecular flexibility index (Phi) is 5.18.